The van der Waals surface area contributed by atoms with Crippen molar-refractivity contribution in [3.63, 3.8) is 0 Å². The zero-order valence-electron chi connectivity index (χ0n) is 15.5. The van der Waals surface area contributed by atoms with E-state index in [9.17, 15) is 19.6 Å². The largest absolute Gasteiger partial charge is 0.456 e. The molecule has 1 N–H and O–H groups in total. The molecule has 1 aliphatic rings. The Bertz CT molecular complexity index is 1280. The van der Waals surface area contributed by atoms with Crippen LogP contribution in [0.4, 0.5) is 0 Å². The first-order chi connectivity index (χ1) is 14.4. The highest BCUT2D eigenvalue weighted by molar-refractivity contribution is 6.45. The number of hydrogen-bond acceptors (Lipinski definition) is 5. The van der Waals surface area contributed by atoms with Crippen molar-refractivity contribution in [1.29, 1.82) is 5.26 Å². The number of halogens is 1. The number of cyclic esters (lactones) is 1. The van der Waals surface area contributed by atoms with Crippen LogP contribution in [0.2, 0.25) is 5.02 Å². The Balaban J connectivity index is 1.72. The summed E-state index contributed by atoms with van der Waals surface area (Å²) in [7, 11) is 0. The number of nitrogens with one attached hydrogen (secondary N) is 1. The molecule has 1 aromatic heterocycles. The van der Waals surface area contributed by atoms with E-state index in [2.05, 4.69) is 5.32 Å². The molecule has 8 heteroatoms. The van der Waals surface area contributed by atoms with Crippen molar-refractivity contribution in [2.75, 3.05) is 6.61 Å². The van der Waals surface area contributed by atoms with Crippen LogP contribution < -0.4 is 5.32 Å². The Labute approximate surface area is 176 Å². The van der Waals surface area contributed by atoms with Gasteiger partial charge in [0.1, 0.15) is 6.61 Å². The van der Waals surface area contributed by atoms with Crippen molar-refractivity contribution in [3.8, 4) is 6.07 Å². The number of nitrogens with zero attached hydrogens (tertiary/aromatic N) is 2. The number of fused-ring (bicyclic) bond motifs is 1. The molecule has 0 spiro atoms. The second-order valence-corrected chi connectivity index (χ2v) is 7.14. The van der Waals surface area contributed by atoms with Crippen molar-refractivity contribution < 1.29 is 19.1 Å². The lowest BCUT2D eigenvalue weighted by Crippen LogP contribution is -2.31. The number of esters is 1. The molecule has 3 aromatic rings. The second-order valence-electron chi connectivity index (χ2n) is 6.70. The van der Waals surface area contributed by atoms with Crippen molar-refractivity contribution in [1.82, 2.24) is 9.88 Å². The molecule has 30 heavy (non-hydrogen) atoms. The summed E-state index contributed by atoms with van der Waals surface area (Å²) in [5.41, 5.74) is 2.36. The summed E-state index contributed by atoms with van der Waals surface area (Å²) in [6.45, 7) is 0.332. The molecular formula is C22H14ClN3O4. The number of aromatic nitrogens is 1. The fourth-order valence-electron chi connectivity index (χ4n) is 3.28. The minimum absolute atomic E-state index is 0.0903. The molecule has 4 rings (SSSR count). The second kappa shape index (κ2) is 7.85. The molecule has 0 saturated carbocycles. The smallest absolute Gasteiger partial charge is 0.333 e. The summed E-state index contributed by atoms with van der Waals surface area (Å²) >= 11 is 6.07. The molecule has 0 fully saturated rings. The first-order valence-electron chi connectivity index (χ1n) is 8.95. The Morgan fingerprint density at radius 1 is 1.23 bits per heavy atom. The highest BCUT2D eigenvalue weighted by atomic mass is 35.5. The van der Waals surface area contributed by atoms with E-state index < -0.39 is 17.7 Å². The van der Waals surface area contributed by atoms with Gasteiger partial charge in [0.2, 0.25) is 0 Å². The molecular weight excluding hydrogens is 406 g/mol. The lowest BCUT2D eigenvalue weighted by atomic mass is 10.1. The van der Waals surface area contributed by atoms with Crippen LogP contribution in [0.25, 0.3) is 10.9 Å². The summed E-state index contributed by atoms with van der Waals surface area (Å²) in [5, 5.41) is 12.7. The number of carbonyl (C=O) groups excluding carboxylic acids is 3. The summed E-state index contributed by atoms with van der Waals surface area (Å²) in [6.07, 6.45) is 2.71. The van der Waals surface area contributed by atoms with Crippen molar-refractivity contribution in [2.45, 2.75) is 6.54 Å². The highest BCUT2D eigenvalue weighted by Gasteiger charge is 2.24. The van der Waals surface area contributed by atoms with E-state index in [1.807, 2.05) is 28.8 Å². The fourth-order valence-corrected chi connectivity index (χ4v) is 3.49. The van der Waals surface area contributed by atoms with E-state index in [-0.39, 0.29) is 17.9 Å². The van der Waals surface area contributed by atoms with E-state index in [1.165, 1.54) is 0 Å². The predicted octanol–water partition coefficient (Wildman–Crippen LogP) is 2.95. The van der Waals surface area contributed by atoms with Crippen molar-refractivity contribution in [2.24, 2.45) is 0 Å². The van der Waals surface area contributed by atoms with Gasteiger partial charge >= 0.3 is 5.97 Å². The van der Waals surface area contributed by atoms with Crippen LogP contribution in [-0.2, 0) is 20.9 Å². The number of hydrogen-bond donors (Lipinski definition) is 1. The zero-order valence-corrected chi connectivity index (χ0v) is 16.3. The van der Waals surface area contributed by atoms with Crippen LogP contribution in [0.3, 0.4) is 0 Å². The first kappa shape index (κ1) is 19.4. The van der Waals surface area contributed by atoms with Gasteiger partial charge in [-0.05, 0) is 35.9 Å². The lowest BCUT2D eigenvalue weighted by molar-refractivity contribution is -0.135. The van der Waals surface area contributed by atoms with Gasteiger partial charge in [0.15, 0.2) is 0 Å². The molecule has 0 unspecified atom stereocenters. The topological polar surface area (TPSA) is 101 Å². The van der Waals surface area contributed by atoms with Gasteiger partial charge in [-0.3, -0.25) is 9.59 Å². The third kappa shape index (κ3) is 3.81. The SMILES string of the molecule is N#Cc1ccc2c(c1)c(C(=O)C(=O)NC1=CC(=O)OC1)cn2Cc1cccc(Cl)c1. The minimum atomic E-state index is -0.885. The van der Waals surface area contributed by atoms with Gasteiger partial charge in [-0.25, -0.2) is 4.79 Å². The van der Waals surface area contributed by atoms with Crippen LogP contribution >= 0.6 is 11.6 Å². The molecule has 1 amide bonds. The van der Waals surface area contributed by atoms with E-state index in [1.54, 1.807) is 30.5 Å². The normalized spacial score (nSPS) is 12.9. The maximum Gasteiger partial charge on any atom is 0.333 e. The van der Waals surface area contributed by atoms with Gasteiger partial charge in [0.05, 0.1) is 22.9 Å². The molecule has 2 aromatic carbocycles. The fraction of sp³-hybridized carbons (Fsp3) is 0.0909. The Morgan fingerprint density at radius 3 is 2.77 bits per heavy atom. The number of ketones is 1. The molecule has 2 heterocycles. The third-order valence-electron chi connectivity index (χ3n) is 4.64. The number of amides is 1. The van der Waals surface area contributed by atoms with E-state index in [4.69, 9.17) is 16.3 Å². The quantitative estimate of drug-likeness (QED) is 0.389. The summed E-state index contributed by atoms with van der Waals surface area (Å²) in [5.74, 6) is -2.24. The molecule has 148 valence electrons. The molecule has 0 aliphatic carbocycles. The maximum atomic E-state index is 12.9. The Morgan fingerprint density at radius 2 is 2.07 bits per heavy atom. The van der Waals surface area contributed by atoms with Crippen LogP contribution in [0, 0.1) is 11.3 Å². The molecule has 0 radical (unpaired) electrons. The molecule has 0 bridgehead atoms. The van der Waals surface area contributed by atoms with Crippen LogP contribution in [0.15, 0.2) is 60.4 Å². The first-order valence-corrected chi connectivity index (χ1v) is 9.33. The number of carbonyl (C=O) groups is 3. The average molecular weight is 420 g/mol. The number of Topliss-reactive ketones (excluding diaryl/α,β-unsaturated/α-hetero) is 1. The van der Waals surface area contributed by atoms with E-state index >= 15 is 0 Å². The standard InChI is InChI=1S/C22H14ClN3O4/c23-15-3-1-2-14(6-15)10-26-11-18(17-7-13(9-24)4-5-19(17)26)21(28)22(29)25-16-8-20(27)30-12-16/h1-8,11H,10,12H2,(H,25,29). The van der Waals surface area contributed by atoms with Crippen LogP contribution in [0.1, 0.15) is 21.5 Å². The molecule has 1 aliphatic heterocycles. The average Bonchev–Trinajstić information content (AvgIpc) is 3.30. The minimum Gasteiger partial charge on any atom is -0.456 e. The third-order valence-corrected chi connectivity index (χ3v) is 4.87. The van der Waals surface area contributed by atoms with Crippen LogP contribution in [0.5, 0.6) is 0 Å². The monoisotopic (exact) mass is 419 g/mol. The van der Waals surface area contributed by atoms with Gasteiger partial charge in [-0.1, -0.05) is 23.7 Å². The molecule has 7 nitrogen and oxygen atoms in total. The van der Waals surface area contributed by atoms with Gasteiger partial charge < -0.3 is 14.6 Å². The highest BCUT2D eigenvalue weighted by Crippen LogP contribution is 2.25. The summed E-state index contributed by atoms with van der Waals surface area (Å²) in [4.78, 5) is 36.5. The number of rotatable bonds is 5. The van der Waals surface area contributed by atoms with Gasteiger partial charge in [-0.2, -0.15) is 5.26 Å². The Kier molecular flexibility index (Phi) is 5.09. The molecule has 0 saturated heterocycles. The summed E-state index contributed by atoms with van der Waals surface area (Å²) < 4.78 is 6.55. The van der Waals surface area contributed by atoms with E-state index in [0.29, 0.717) is 28.0 Å². The number of nitriles is 1. The van der Waals surface area contributed by atoms with Gasteiger partial charge in [0.25, 0.3) is 11.7 Å². The van der Waals surface area contributed by atoms with Crippen LogP contribution in [-0.4, -0.2) is 28.8 Å². The van der Waals surface area contributed by atoms with Crippen molar-refractivity contribution in [3.05, 3.63) is 82.1 Å². The number of ether oxygens (including phenoxy) is 1. The Hall–Kier alpha value is -3.89. The zero-order chi connectivity index (χ0) is 21.3. The van der Waals surface area contributed by atoms with Crippen molar-refractivity contribution >= 4 is 40.2 Å². The summed E-state index contributed by atoms with van der Waals surface area (Å²) in [6, 6.07) is 14.3. The van der Waals surface area contributed by atoms with Gasteiger partial charge in [0, 0.05) is 34.7 Å². The van der Waals surface area contributed by atoms with E-state index in [0.717, 1.165) is 11.6 Å². The molecule has 0 atom stereocenters. The predicted molar refractivity (Wildman–Crippen MR) is 109 cm³/mol. The lowest BCUT2D eigenvalue weighted by Gasteiger charge is -2.06. The maximum absolute atomic E-state index is 12.9. The van der Waals surface area contributed by atoms with Gasteiger partial charge in [-0.15, -0.1) is 0 Å². The number of benzene rings is 2.